The fourth-order valence-electron chi connectivity index (χ4n) is 2.02. The molecule has 0 saturated heterocycles. The molecule has 0 aliphatic rings. The van der Waals surface area contributed by atoms with Crippen molar-refractivity contribution in [3.05, 3.63) is 52.3 Å². The minimum Gasteiger partial charge on any atom is -0.497 e. The third kappa shape index (κ3) is 4.78. The van der Waals surface area contributed by atoms with Crippen molar-refractivity contribution in [1.29, 1.82) is 0 Å². The molecular weight excluding hydrogens is 375 g/mol. The lowest BCUT2D eigenvalue weighted by atomic mass is 10.2. The Hall–Kier alpha value is -2.48. The number of rotatable bonds is 6. The molecule has 0 unspecified atom stereocenters. The van der Waals surface area contributed by atoms with Crippen LogP contribution in [0, 0.1) is 0 Å². The number of nitrogens with zero attached hydrogens (tertiary/aromatic N) is 1. The number of alkyl halides is 3. The van der Waals surface area contributed by atoms with Crippen LogP contribution in [0.3, 0.4) is 0 Å². The molecule has 26 heavy (non-hydrogen) atoms. The highest BCUT2D eigenvalue weighted by Gasteiger charge is 2.35. The minimum atomic E-state index is -4.74. The zero-order valence-electron chi connectivity index (χ0n) is 13.9. The van der Waals surface area contributed by atoms with Gasteiger partial charge in [-0.25, -0.2) is 9.78 Å². The summed E-state index contributed by atoms with van der Waals surface area (Å²) < 4.78 is 54.2. The van der Waals surface area contributed by atoms with E-state index in [0.717, 1.165) is 0 Å². The number of methoxy groups -OCH3 is 1. The highest BCUT2D eigenvalue weighted by Crippen LogP contribution is 2.35. The van der Waals surface area contributed by atoms with Crippen molar-refractivity contribution >= 4 is 17.6 Å². The van der Waals surface area contributed by atoms with Crippen LogP contribution in [-0.4, -0.2) is 24.7 Å². The normalized spacial score (nSPS) is 11.2. The van der Waals surface area contributed by atoms with Gasteiger partial charge in [-0.15, -0.1) is 0 Å². The van der Waals surface area contributed by atoms with Crippen molar-refractivity contribution in [2.75, 3.05) is 13.7 Å². The first-order valence-corrected chi connectivity index (χ1v) is 7.84. The van der Waals surface area contributed by atoms with Crippen LogP contribution < -0.4 is 9.47 Å². The molecule has 2 aromatic rings. The van der Waals surface area contributed by atoms with Crippen LogP contribution in [0.5, 0.6) is 11.5 Å². The number of ether oxygens (including phenoxy) is 3. The Morgan fingerprint density at radius 2 is 1.88 bits per heavy atom. The lowest BCUT2D eigenvalue weighted by Crippen LogP contribution is -2.14. The minimum absolute atomic E-state index is 0.0219. The van der Waals surface area contributed by atoms with Crippen molar-refractivity contribution in [3.8, 4) is 11.5 Å². The van der Waals surface area contributed by atoms with Crippen LogP contribution in [0.4, 0.5) is 13.2 Å². The van der Waals surface area contributed by atoms with Gasteiger partial charge in [0.05, 0.1) is 13.7 Å². The molecule has 9 heteroatoms. The highest BCUT2D eigenvalue weighted by atomic mass is 35.5. The Morgan fingerprint density at radius 1 is 1.23 bits per heavy atom. The zero-order chi connectivity index (χ0) is 19.3. The van der Waals surface area contributed by atoms with E-state index in [1.165, 1.54) is 7.11 Å². The van der Waals surface area contributed by atoms with Gasteiger partial charge in [0.25, 0.3) is 0 Å². The number of benzene rings is 1. The van der Waals surface area contributed by atoms with E-state index in [1.807, 2.05) is 0 Å². The number of carbonyl (C=O) groups excluding carboxylic acids is 1. The van der Waals surface area contributed by atoms with Crippen LogP contribution in [-0.2, 0) is 17.5 Å². The number of aromatic nitrogens is 1. The first-order valence-electron chi connectivity index (χ1n) is 7.46. The largest absolute Gasteiger partial charge is 0.497 e. The van der Waals surface area contributed by atoms with Gasteiger partial charge in [0.2, 0.25) is 0 Å². The van der Waals surface area contributed by atoms with Crippen LogP contribution in [0.1, 0.15) is 28.5 Å². The smallest absolute Gasteiger partial charge is 0.433 e. The second-order valence-electron chi connectivity index (χ2n) is 5.03. The number of esters is 1. The molecule has 0 amide bonds. The maximum atomic E-state index is 13.0. The van der Waals surface area contributed by atoms with Gasteiger partial charge in [0.1, 0.15) is 34.5 Å². The molecule has 2 rings (SSSR count). The lowest BCUT2D eigenvalue weighted by molar-refractivity contribution is -0.141. The Morgan fingerprint density at radius 3 is 2.42 bits per heavy atom. The first-order chi connectivity index (χ1) is 12.3. The molecular formula is C17H15ClF3NO4. The first kappa shape index (κ1) is 19.8. The number of carbonyl (C=O) groups is 1. The van der Waals surface area contributed by atoms with Crippen molar-refractivity contribution in [3.63, 3.8) is 0 Å². The summed E-state index contributed by atoms with van der Waals surface area (Å²) in [5.74, 6) is -0.651. The van der Waals surface area contributed by atoms with Crippen molar-refractivity contribution < 1.29 is 32.2 Å². The van der Waals surface area contributed by atoms with Gasteiger partial charge in [-0.05, 0) is 24.6 Å². The topological polar surface area (TPSA) is 57.7 Å². The van der Waals surface area contributed by atoms with E-state index in [2.05, 4.69) is 4.98 Å². The van der Waals surface area contributed by atoms with E-state index in [1.54, 1.807) is 31.2 Å². The average molecular weight is 390 g/mol. The molecule has 5 nitrogen and oxygen atoms in total. The molecule has 0 bridgehead atoms. The number of hydrogen-bond acceptors (Lipinski definition) is 5. The van der Waals surface area contributed by atoms with E-state index >= 15 is 0 Å². The molecule has 0 saturated carbocycles. The Kier molecular flexibility index (Phi) is 6.31. The zero-order valence-corrected chi connectivity index (χ0v) is 14.6. The molecule has 1 aromatic carbocycles. The maximum Gasteiger partial charge on any atom is 0.433 e. The standard InChI is InChI=1S/C17H15ClF3NO4/c1-3-25-16(23)14-12(8-13(17(19,20)21)22-15(14)18)26-9-10-4-6-11(24-2)7-5-10/h4-8H,3,9H2,1-2H3. The van der Waals surface area contributed by atoms with E-state index in [-0.39, 0.29) is 24.5 Å². The molecule has 140 valence electrons. The molecule has 0 radical (unpaired) electrons. The van der Waals surface area contributed by atoms with E-state index < -0.39 is 23.0 Å². The predicted octanol–water partition coefficient (Wildman–Crippen LogP) is 4.52. The summed E-state index contributed by atoms with van der Waals surface area (Å²) in [6.07, 6.45) is -4.74. The molecule has 0 aliphatic heterocycles. The molecule has 1 heterocycles. The van der Waals surface area contributed by atoms with Gasteiger partial charge in [-0.2, -0.15) is 13.2 Å². The van der Waals surface area contributed by atoms with Crippen molar-refractivity contribution in [1.82, 2.24) is 4.98 Å². The van der Waals surface area contributed by atoms with Crippen LogP contribution in [0.2, 0.25) is 5.15 Å². The maximum absolute atomic E-state index is 13.0. The van der Waals surface area contributed by atoms with Crippen molar-refractivity contribution in [2.24, 2.45) is 0 Å². The summed E-state index contributed by atoms with van der Waals surface area (Å²) in [7, 11) is 1.51. The summed E-state index contributed by atoms with van der Waals surface area (Å²) in [5.41, 5.74) is -0.961. The summed E-state index contributed by atoms with van der Waals surface area (Å²) in [6, 6.07) is 7.32. The number of halogens is 4. The number of pyridine rings is 1. The second-order valence-corrected chi connectivity index (χ2v) is 5.38. The van der Waals surface area contributed by atoms with E-state index in [9.17, 15) is 18.0 Å². The fourth-order valence-corrected chi connectivity index (χ4v) is 2.28. The second kappa shape index (κ2) is 8.27. The fraction of sp³-hybridized carbons (Fsp3) is 0.294. The summed E-state index contributed by atoms with van der Waals surface area (Å²) in [6.45, 7) is 1.49. The monoisotopic (exact) mass is 389 g/mol. The van der Waals surface area contributed by atoms with E-state index in [4.69, 9.17) is 25.8 Å². The summed E-state index contributed by atoms with van der Waals surface area (Å²) in [4.78, 5) is 15.2. The Labute approximate surface area is 152 Å². The average Bonchev–Trinajstić information content (AvgIpc) is 2.59. The predicted molar refractivity (Wildman–Crippen MR) is 87.5 cm³/mol. The van der Waals surface area contributed by atoms with Gasteiger partial charge >= 0.3 is 12.1 Å². The van der Waals surface area contributed by atoms with Gasteiger partial charge in [-0.1, -0.05) is 23.7 Å². The van der Waals surface area contributed by atoms with Crippen molar-refractivity contribution in [2.45, 2.75) is 19.7 Å². The van der Waals surface area contributed by atoms with Gasteiger partial charge in [0.15, 0.2) is 0 Å². The van der Waals surface area contributed by atoms with Crippen LogP contribution in [0.15, 0.2) is 30.3 Å². The van der Waals surface area contributed by atoms with Crippen LogP contribution in [0.25, 0.3) is 0 Å². The third-order valence-electron chi connectivity index (χ3n) is 3.26. The molecule has 0 atom stereocenters. The lowest BCUT2D eigenvalue weighted by Gasteiger charge is -2.15. The molecule has 0 aliphatic carbocycles. The molecule has 0 spiro atoms. The van der Waals surface area contributed by atoms with E-state index in [0.29, 0.717) is 17.4 Å². The summed E-state index contributed by atoms with van der Waals surface area (Å²) >= 11 is 5.78. The molecule has 0 N–H and O–H groups in total. The third-order valence-corrected chi connectivity index (χ3v) is 3.54. The van der Waals surface area contributed by atoms with Crippen LogP contribution >= 0.6 is 11.6 Å². The summed E-state index contributed by atoms with van der Waals surface area (Å²) in [5, 5.41) is -0.636. The molecule has 0 fully saturated rings. The van der Waals surface area contributed by atoms with Gasteiger partial charge in [-0.3, -0.25) is 0 Å². The SMILES string of the molecule is CCOC(=O)c1c(OCc2ccc(OC)cc2)cc(C(F)(F)F)nc1Cl. The quantitative estimate of drug-likeness (QED) is 0.537. The van der Waals surface area contributed by atoms with Gasteiger partial charge < -0.3 is 14.2 Å². The highest BCUT2D eigenvalue weighted by molar-refractivity contribution is 6.32. The number of hydrogen-bond donors (Lipinski definition) is 0. The Balaban J connectivity index is 2.35. The Bertz CT molecular complexity index is 779. The molecule has 1 aromatic heterocycles. The van der Waals surface area contributed by atoms with Gasteiger partial charge in [0, 0.05) is 6.07 Å².